The van der Waals surface area contributed by atoms with Gasteiger partial charge in [-0.15, -0.1) is 0 Å². The van der Waals surface area contributed by atoms with Crippen molar-refractivity contribution >= 4 is 46.6 Å². The van der Waals surface area contributed by atoms with Crippen LogP contribution in [0.5, 0.6) is 5.75 Å². The van der Waals surface area contributed by atoms with Crippen LogP contribution in [0.3, 0.4) is 0 Å². The highest BCUT2D eigenvalue weighted by Gasteiger charge is 2.26. The molecule has 2 aliphatic rings. The second-order valence-corrected chi connectivity index (χ2v) is 7.21. The zero-order valence-electron chi connectivity index (χ0n) is 12.8. The highest BCUT2D eigenvalue weighted by atomic mass is 35.5. The van der Waals surface area contributed by atoms with Crippen molar-refractivity contribution in [1.29, 1.82) is 0 Å². The van der Waals surface area contributed by atoms with Gasteiger partial charge in [0.05, 0.1) is 15.8 Å². The minimum Gasteiger partial charge on any atom is -0.426 e. The van der Waals surface area contributed by atoms with Gasteiger partial charge in [-0.25, -0.2) is 0 Å². The first-order chi connectivity index (χ1) is 11.5. The Balaban J connectivity index is 1.70. The van der Waals surface area contributed by atoms with Crippen LogP contribution in [-0.4, -0.2) is 17.1 Å². The van der Waals surface area contributed by atoms with E-state index in [1.807, 2.05) is 0 Å². The predicted molar refractivity (Wildman–Crippen MR) is 92.8 cm³/mol. The van der Waals surface area contributed by atoms with Crippen LogP contribution < -0.4 is 10.1 Å². The van der Waals surface area contributed by atoms with Crippen molar-refractivity contribution in [3.8, 4) is 5.75 Å². The van der Waals surface area contributed by atoms with Crippen molar-refractivity contribution in [3.63, 3.8) is 0 Å². The van der Waals surface area contributed by atoms with Gasteiger partial charge in [0.25, 0.3) is 11.1 Å². The van der Waals surface area contributed by atoms with Gasteiger partial charge in [-0.3, -0.25) is 19.7 Å². The zero-order valence-corrected chi connectivity index (χ0v) is 14.4. The Kier molecular flexibility index (Phi) is 5.26. The van der Waals surface area contributed by atoms with E-state index in [0.717, 1.165) is 37.4 Å². The molecule has 5 nitrogen and oxygen atoms in total. The summed E-state index contributed by atoms with van der Waals surface area (Å²) in [4.78, 5) is 35.2. The van der Waals surface area contributed by atoms with E-state index >= 15 is 0 Å². The van der Waals surface area contributed by atoms with E-state index in [4.69, 9.17) is 16.3 Å². The van der Waals surface area contributed by atoms with Gasteiger partial charge in [0.1, 0.15) is 5.75 Å². The van der Waals surface area contributed by atoms with Crippen LogP contribution in [0.15, 0.2) is 23.1 Å². The molecular weight excluding hydrogens is 350 g/mol. The number of benzene rings is 1. The van der Waals surface area contributed by atoms with Gasteiger partial charge in [-0.1, -0.05) is 30.9 Å². The molecule has 1 saturated carbocycles. The van der Waals surface area contributed by atoms with Crippen molar-refractivity contribution in [3.05, 3.63) is 33.7 Å². The lowest BCUT2D eigenvalue weighted by Crippen LogP contribution is -2.22. The molecule has 2 amide bonds. The molecule has 1 aliphatic heterocycles. The number of hydrogen-bond donors (Lipinski definition) is 1. The Morgan fingerprint density at radius 2 is 2.00 bits per heavy atom. The number of nitrogens with one attached hydrogen (secondary N) is 1. The molecule has 0 radical (unpaired) electrons. The number of rotatable bonds is 3. The van der Waals surface area contributed by atoms with Crippen molar-refractivity contribution in [2.45, 2.75) is 32.1 Å². The molecule has 1 aromatic carbocycles. The maximum Gasteiger partial charge on any atom is 0.314 e. The molecule has 126 valence electrons. The number of ether oxygens (including phenoxy) is 1. The number of imide groups is 1. The smallest absolute Gasteiger partial charge is 0.314 e. The van der Waals surface area contributed by atoms with E-state index in [1.165, 1.54) is 6.42 Å². The molecule has 0 unspecified atom stereocenters. The molecular formula is C17H16ClNO4S. The highest BCUT2D eigenvalue weighted by Crippen LogP contribution is 2.31. The van der Waals surface area contributed by atoms with Crippen LogP contribution >= 0.6 is 23.4 Å². The number of carbonyl (C=O) groups is 3. The molecule has 1 heterocycles. The fourth-order valence-electron chi connectivity index (χ4n) is 2.79. The average molecular weight is 366 g/mol. The average Bonchev–Trinajstić information content (AvgIpc) is 2.88. The molecule has 1 N–H and O–H groups in total. The second kappa shape index (κ2) is 7.40. The summed E-state index contributed by atoms with van der Waals surface area (Å²) in [6.07, 6.45) is 6.58. The molecule has 3 rings (SSSR count). The van der Waals surface area contributed by atoms with Gasteiger partial charge < -0.3 is 4.74 Å². The van der Waals surface area contributed by atoms with Crippen LogP contribution in [0.1, 0.15) is 37.7 Å². The standard InChI is InChI=1S/C17H16ClNO4S/c18-13-9-12(23-16(21)10-4-2-1-3-5-10)7-6-11(13)8-14-15(20)19-17(22)24-14/h6-10H,1-5H2,(H,19,20,22)/b14-8-. The Morgan fingerprint density at radius 3 is 2.62 bits per heavy atom. The fraction of sp³-hybridized carbons (Fsp3) is 0.353. The van der Waals surface area contributed by atoms with Crippen molar-refractivity contribution in [1.82, 2.24) is 5.32 Å². The third-order valence-electron chi connectivity index (χ3n) is 4.06. The van der Waals surface area contributed by atoms with E-state index < -0.39 is 11.1 Å². The van der Waals surface area contributed by atoms with E-state index in [9.17, 15) is 14.4 Å². The normalized spacial score (nSPS) is 20.3. The van der Waals surface area contributed by atoms with Crippen molar-refractivity contribution in [2.24, 2.45) is 5.92 Å². The van der Waals surface area contributed by atoms with Gasteiger partial charge in [-0.2, -0.15) is 0 Å². The molecule has 2 fully saturated rings. The number of carbonyl (C=O) groups excluding carboxylic acids is 3. The summed E-state index contributed by atoms with van der Waals surface area (Å²) >= 11 is 7.03. The van der Waals surface area contributed by atoms with Gasteiger partial charge in [0.15, 0.2) is 0 Å². The lowest BCUT2D eigenvalue weighted by atomic mass is 9.89. The van der Waals surface area contributed by atoms with E-state index in [1.54, 1.807) is 24.3 Å². The second-order valence-electron chi connectivity index (χ2n) is 5.79. The highest BCUT2D eigenvalue weighted by molar-refractivity contribution is 8.18. The molecule has 7 heteroatoms. The van der Waals surface area contributed by atoms with Crippen LogP contribution in [0.2, 0.25) is 5.02 Å². The number of amides is 2. The maximum absolute atomic E-state index is 12.2. The topological polar surface area (TPSA) is 72.5 Å². The predicted octanol–water partition coefficient (Wildman–Crippen LogP) is 4.15. The number of thioether (sulfide) groups is 1. The van der Waals surface area contributed by atoms with Crippen LogP contribution in [-0.2, 0) is 9.59 Å². The Morgan fingerprint density at radius 1 is 1.25 bits per heavy atom. The third-order valence-corrected chi connectivity index (χ3v) is 5.20. The van der Waals surface area contributed by atoms with Crippen molar-refractivity contribution in [2.75, 3.05) is 0 Å². The SMILES string of the molecule is O=C1NC(=O)/C(=C/c2ccc(OC(=O)C3CCCCC3)cc2Cl)S1. The van der Waals surface area contributed by atoms with E-state index in [2.05, 4.69) is 5.32 Å². The van der Waals surface area contributed by atoms with Gasteiger partial charge in [0.2, 0.25) is 0 Å². The molecule has 1 aliphatic carbocycles. The van der Waals surface area contributed by atoms with Crippen LogP contribution in [0, 0.1) is 5.92 Å². The molecule has 1 aromatic rings. The first kappa shape index (κ1) is 17.0. The molecule has 0 atom stereocenters. The lowest BCUT2D eigenvalue weighted by Gasteiger charge is -2.19. The third kappa shape index (κ3) is 3.99. The quantitative estimate of drug-likeness (QED) is 0.495. The lowest BCUT2D eigenvalue weighted by molar-refractivity contribution is -0.140. The first-order valence-corrected chi connectivity index (χ1v) is 8.98. The largest absolute Gasteiger partial charge is 0.426 e. The Bertz CT molecular complexity index is 725. The summed E-state index contributed by atoms with van der Waals surface area (Å²) < 4.78 is 5.42. The summed E-state index contributed by atoms with van der Waals surface area (Å²) in [6, 6.07) is 4.85. The van der Waals surface area contributed by atoms with E-state index in [0.29, 0.717) is 16.3 Å². The maximum atomic E-state index is 12.2. The summed E-state index contributed by atoms with van der Waals surface area (Å²) in [5.74, 6) is -0.302. The molecule has 0 bridgehead atoms. The Hall–Kier alpha value is -1.79. The number of halogens is 1. The molecule has 0 spiro atoms. The summed E-state index contributed by atoms with van der Waals surface area (Å²) in [5, 5.41) is 2.13. The van der Waals surface area contributed by atoms with Crippen molar-refractivity contribution < 1.29 is 19.1 Å². The monoisotopic (exact) mass is 365 g/mol. The zero-order chi connectivity index (χ0) is 17.1. The summed E-state index contributed by atoms with van der Waals surface area (Å²) in [7, 11) is 0. The Labute approximate surface area is 148 Å². The minimum atomic E-state index is -0.436. The summed E-state index contributed by atoms with van der Waals surface area (Å²) in [6.45, 7) is 0. The van der Waals surface area contributed by atoms with Gasteiger partial charge in [-0.05, 0) is 48.4 Å². The number of hydrogen-bond acceptors (Lipinski definition) is 5. The molecule has 1 saturated heterocycles. The fourth-order valence-corrected chi connectivity index (χ4v) is 3.69. The van der Waals surface area contributed by atoms with Crippen LogP contribution in [0.4, 0.5) is 4.79 Å². The van der Waals surface area contributed by atoms with Gasteiger partial charge in [0, 0.05) is 6.07 Å². The van der Waals surface area contributed by atoms with Crippen LogP contribution in [0.25, 0.3) is 6.08 Å². The molecule has 0 aromatic heterocycles. The minimum absolute atomic E-state index is 0.0380. The summed E-state index contributed by atoms with van der Waals surface area (Å²) in [5.41, 5.74) is 0.585. The molecule has 24 heavy (non-hydrogen) atoms. The first-order valence-electron chi connectivity index (χ1n) is 7.79. The van der Waals surface area contributed by atoms with E-state index in [-0.39, 0.29) is 16.8 Å². The van der Waals surface area contributed by atoms with Gasteiger partial charge >= 0.3 is 5.97 Å². The number of esters is 1.